The first kappa shape index (κ1) is 14.6. The predicted octanol–water partition coefficient (Wildman–Crippen LogP) is 2.86. The van der Waals surface area contributed by atoms with Crippen molar-refractivity contribution in [3.63, 3.8) is 0 Å². The molecule has 1 saturated heterocycles. The van der Waals surface area contributed by atoms with Gasteiger partial charge < -0.3 is 9.64 Å². The average molecular weight is 265 g/mol. The molecule has 1 heterocycles. The third kappa shape index (κ3) is 3.19. The minimum Gasteiger partial charge on any atom is -0.462 e. The van der Waals surface area contributed by atoms with E-state index in [-0.39, 0.29) is 23.4 Å². The van der Waals surface area contributed by atoms with Crippen LogP contribution in [0.1, 0.15) is 40.5 Å². The van der Waals surface area contributed by atoms with Crippen LogP contribution < -0.4 is 0 Å². The van der Waals surface area contributed by atoms with Crippen LogP contribution in [0.15, 0.2) is 11.6 Å². The fourth-order valence-corrected chi connectivity index (χ4v) is 3.14. The van der Waals surface area contributed by atoms with E-state index < -0.39 is 0 Å². The molecule has 0 bridgehead atoms. The molecular weight excluding hydrogens is 238 g/mol. The van der Waals surface area contributed by atoms with Gasteiger partial charge in [-0.05, 0) is 45.1 Å². The maximum atomic E-state index is 12.3. The number of hydrogen-bond donors (Lipinski definition) is 0. The normalized spacial score (nSPS) is 30.8. The number of carbonyl (C=O) groups excluding carboxylic acids is 1. The highest BCUT2D eigenvalue weighted by Crippen LogP contribution is 2.60. The number of rotatable bonds is 3. The van der Waals surface area contributed by atoms with Gasteiger partial charge in [-0.15, -0.1) is 0 Å². The van der Waals surface area contributed by atoms with Crippen LogP contribution in [0.4, 0.5) is 0 Å². The number of allylic oxidation sites excluding steroid dienone is 2. The lowest BCUT2D eigenvalue weighted by Crippen LogP contribution is -2.35. The molecule has 0 radical (unpaired) electrons. The Balaban J connectivity index is 1.89. The first-order valence-corrected chi connectivity index (χ1v) is 7.36. The Morgan fingerprint density at radius 2 is 1.84 bits per heavy atom. The van der Waals surface area contributed by atoms with Crippen LogP contribution in [-0.2, 0) is 9.53 Å². The third-order valence-corrected chi connectivity index (χ3v) is 4.63. The van der Waals surface area contributed by atoms with Crippen molar-refractivity contribution in [1.82, 2.24) is 4.90 Å². The van der Waals surface area contributed by atoms with E-state index in [9.17, 15) is 4.79 Å². The molecule has 108 valence electrons. The van der Waals surface area contributed by atoms with Gasteiger partial charge in [-0.1, -0.05) is 25.5 Å². The number of ether oxygens (including phenoxy) is 1. The Hall–Kier alpha value is -0.830. The summed E-state index contributed by atoms with van der Waals surface area (Å²) in [5.41, 5.74) is 1.35. The highest BCUT2D eigenvalue weighted by Gasteiger charge is 2.61. The van der Waals surface area contributed by atoms with E-state index in [0.717, 1.165) is 25.9 Å². The van der Waals surface area contributed by atoms with Gasteiger partial charge in [-0.3, -0.25) is 4.79 Å². The smallest absolute Gasteiger partial charge is 0.310 e. The maximum absolute atomic E-state index is 12.3. The Morgan fingerprint density at radius 1 is 1.26 bits per heavy atom. The van der Waals surface area contributed by atoms with E-state index in [4.69, 9.17) is 4.74 Å². The Labute approximate surface area is 117 Å². The van der Waals surface area contributed by atoms with E-state index in [2.05, 4.69) is 45.7 Å². The first-order chi connectivity index (χ1) is 8.82. The zero-order valence-corrected chi connectivity index (χ0v) is 12.9. The molecule has 2 unspecified atom stereocenters. The molecule has 2 fully saturated rings. The molecule has 0 aromatic heterocycles. The molecule has 19 heavy (non-hydrogen) atoms. The SMILES string of the molecule is CC(C)=CC1C(C(=O)OC2CCN(C)CC2)C1(C)C. The third-order valence-electron chi connectivity index (χ3n) is 4.63. The van der Waals surface area contributed by atoms with Crippen LogP contribution in [0.3, 0.4) is 0 Å². The summed E-state index contributed by atoms with van der Waals surface area (Å²) in [4.78, 5) is 14.6. The number of carbonyl (C=O) groups is 1. The molecule has 1 aliphatic heterocycles. The van der Waals surface area contributed by atoms with Gasteiger partial charge in [0, 0.05) is 13.1 Å². The molecule has 3 nitrogen and oxygen atoms in total. The summed E-state index contributed by atoms with van der Waals surface area (Å²) in [5, 5.41) is 0. The van der Waals surface area contributed by atoms with Crippen LogP contribution >= 0.6 is 0 Å². The lowest BCUT2D eigenvalue weighted by molar-refractivity contribution is -0.153. The molecule has 3 heteroatoms. The molecule has 2 aliphatic rings. The maximum Gasteiger partial charge on any atom is 0.310 e. The van der Waals surface area contributed by atoms with Crippen molar-refractivity contribution >= 4 is 5.97 Å². The summed E-state index contributed by atoms with van der Waals surface area (Å²) < 4.78 is 5.72. The quantitative estimate of drug-likeness (QED) is 0.580. The molecule has 0 N–H and O–H groups in total. The minimum atomic E-state index is 0.0158. The van der Waals surface area contributed by atoms with E-state index in [1.54, 1.807) is 0 Å². The summed E-state index contributed by atoms with van der Waals surface area (Å²) >= 11 is 0. The number of piperidine rings is 1. The van der Waals surface area contributed by atoms with Crippen LogP contribution in [0.2, 0.25) is 0 Å². The Bertz CT molecular complexity index is 374. The lowest BCUT2D eigenvalue weighted by atomic mass is 10.1. The number of nitrogens with zero attached hydrogens (tertiary/aromatic N) is 1. The highest BCUT2D eigenvalue weighted by atomic mass is 16.5. The lowest BCUT2D eigenvalue weighted by Gasteiger charge is -2.28. The second-order valence-corrected chi connectivity index (χ2v) is 7.01. The fourth-order valence-electron chi connectivity index (χ4n) is 3.14. The molecule has 1 aliphatic carbocycles. The largest absolute Gasteiger partial charge is 0.462 e. The predicted molar refractivity (Wildman–Crippen MR) is 76.8 cm³/mol. The van der Waals surface area contributed by atoms with Crippen molar-refractivity contribution in [3.8, 4) is 0 Å². The number of esters is 1. The van der Waals surface area contributed by atoms with Crippen molar-refractivity contribution in [1.29, 1.82) is 0 Å². The molecule has 0 aromatic carbocycles. The van der Waals surface area contributed by atoms with Crippen LogP contribution in [0.25, 0.3) is 0 Å². The van der Waals surface area contributed by atoms with Gasteiger partial charge in [0.2, 0.25) is 0 Å². The Kier molecular flexibility index (Phi) is 4.05. The standard InChI is InChI=1S/C16H27NO2/c1-11(2)10-13-14(16(13,3)4)15(18)19-12-6-8-17(5)9-7-12/h10,12-14H,6-9H2,1-5H3. The highest BCUT2D eigenvalue weighted by molar-refractivity contribution is 5.78. The minimum absolute atomic E-state index is 0.0158. The van der Waals surface area contributed by atoms with Gasteiger partial charge in [0.25, 0.3) is 0 Å². The van der Waals surface area contributed by atoms with Gasteiger partial charge in [0.05, 0.1) is 5.92 Å². The van der Waals surface area contributed by atoms with Gasteiger partial charge in [-0.25, -0.2) is 0 Å². The molecule has 1 saturated carbocycles. The summed E-state index contributed by atoms with van der Waals surface area (Å²) in [6, 6.07) is 0. The summed E-state index contributed by atoms with van der Waals surface area (Å²) in [5.74, 6) is 0.431. The van der Waals surface area contributed by atoms with Crippen LogP contribution in [-0.4, -0.2) is 37.1 Å². The zero-order chi connectivity index (χ0) is 14.2. The van der Waals surface area contributed by atoms with Crippen LogP contribution in [0, 0.1) is 17.3 Å². The fraction of sp³-hybridized carbons (Fsp3) is 0.812. The van der Waals surface area contributed by atoms with Gasteiger partial charge in [0.1, 0.15) is 6.10 Å². The number of hydrogen-bond acceptors (Lipinski definition) is 3. The van der Waals surface area contributed by atoms with Crippen molar-refractivity contribution in [2.45, 2.75) is 46.6 Å². The van der Waals surface area contributed by atoms with Gasteiger partial charge >= 0.3 is 5.97 Å². The topological polar surface area (TPSA) is 29.5 Å². The van der Waals surface area contributed by atoms with Crippen molar-refractivity contribution in [3.05, 3.63) is 11.6 Å². The molecule has 0 spiro atoms. The average Bonchev–Trinajstić information content (AvgIpc) is 2.83. The van der Waals surface area contributed by atoms with E-state index in [1.807, 2.05) is 0 Å². The van der Waals surface area contributed by atoms with E-state index >= 15 is 0 Å². The van der Waals surface area contributed by atoms with E-state index in [0.29, 0.717) is 5.92 Å². The summed E-state index contributed by atoms with van der Waals surface area (Å²) in [7, 11) is 2.12. The van der Waals surface area contributed by atoms with E-state index in [1.165, 1.54) is 5.57 Å². The second-order valence-electron chi connectivity index (χ2n) is 7.01. The molecular formula is C16H27NO2. The monoisotopic (exact) mass is 265 g/mol. The number of likely N-dealkylation sites (tertiary alicyclic amines) is 1. The molecule has 2 atom stereocenters. The zero-order valence-electron chi connectivity index (χ0n) is 12.9. The first-order valence-electron chi connectivity index (χ1n) is 7.36. The van der Waals surface area contributed by atoms with Crippen LogP contribution in [0.5, 0.6) is 0 Å². The summed E-state index contributed by atoms with van der Waals surface area (Å²) in [6.07, 6.45) is 4.30. The van der Waals surface area contributed by atoms with Gasteiger partial charge in [0.15, 0.2) is 0 Å². The second kappa shape index (κ2) is 5.28. The van der Waals surface area contributed by atoms with Crippen molar-refractivity contribution < 1.29 is 9.53 Å². The van der Waals surface area contributed by atoms with Crippen molar-refractivity contribution in [2.24, 2.45) is 17.3 Å². The van der Waals surface area contributed by atoms with Crippen molar-refractivity contribution in [2.75, 3.05) is 20.1 Å². The molecule has 0 aromatic rings. The van der Waals surface area contributed by atoms with Gasteiger partial charge in [-0.2, -0.15) is 0 Å². The molecule has 0 amide bonds. The molecule has 2 rings (SSSR count). The summed E-state index contributed by atoms with van der Waals surface area (Å²) in [6.45, 7) is 10.6. The Morgan fingerprint density at radius 3 is 2.37 bits per heavy atom.